The molecule has 2 rings (SSSR count). The Kier molecular flexibility index (Phi) is 10.9. The topological polar surface area (TPSA) is 70.6 Å². The number of hydrogen-bond donors (Lipinski definition) is 3. The molecule has 0 saturated carbocycles. The minimum Gasteiger partial charge on any atom is -0.478 e. The molecule has 0 radical (unpaired) electrons. The number of para-hydroxylation sites is 1. The molecular weight excluding hydrogens is 299 g/mol. The lowest BCUT2D eigenvalue weighted by Gasteiger charge is -2.09. The van der Waals surface area contributed by atoms with Gasteiger partial charge in [0.2, 0.25) is 0 Å². The van der Waals surface area contributed by atoms with Crippen LogP contribution in [-0.2, 0) is 4.84 Å². The first kappa shape index (κ1) is 20.6. The van der Waals surface area contributed by atoms with Crippen LogP contribution in [0.2, 0.25) is 0 Å². The lowest BCUT2D eigenvalue weighted by Crippen LogP contribution is -2.03. The van der Waals surface area contributed by atoms with Gasteiger partial charge in [0, 0.05) is 12.7 Å². The number of carboxylic acid groups (broad SMARTS) is 1. The summed E-state index contributed by atoms with van der Waals surface area (Å²) in [5.41, 5.74) is 3.42. The van der Waals surface area contributed by atoms with Gasteiger partial charge in [0.15, 0.2) is 0 Å². The van der Waals surface area contributed by atoms with Gasteiger partial charge in [-0.25, -0.2) is 14.7 Å². The minimum atomic E-state index is -1.09. The molecule has 126 valence electrons. The van der Waals surface area contributed by atoms with Crippen LogP contribution in [0.1, 0.15) is 24.2 Å². The third-order valence-corrected chi connectivity index (χ3v) is 2.47. The number of carboxylic acids is 1. The molecule has 0 aliphatic rings. The standard InChI is InChI=1S/C13H10FNO2.C2H7NO.C2H6/c14-9-6-7-11(13(16)17)12(8-9)15-10-4-2-1-3-5-10;1-3-4-2;1-2/h1-8,15H,(H,16,17);3H,1-2H3;1-2H3. The normalized spacial score (nSPS) is 8.91. The predicted molar refractivity (Wildman–Crippen MR) is 90.5 cm³/mol. The Morgan fingerprint density at radius 2 is 1.70 bits per heavy atom. The molecule has 0 atom stereocenters. The van der Waals surface area contributed by atoms with Crippen molar-refractivity contribution in [1.82, 2.24) is 5.48 Å². The Balaban J connectivity index is 0.000000705. The van der Waals surface area contributed by atoms with Gasteiger partial charge in [0.25, 0.3) is 0 Å². The Bertz CT molecular complexity index is 575. The van der Waals surface area contributed by atoms with Crippen molar-refractivity contribution in [2.24, 2.45) is 0 Å². The van der Waals surface area contributed by atoms with Gasteiger partial charge < -0.3 is 15.3 Å². The van der Waals surface area contributed by atoms with E-state index in [2.05, 4.69) is 15.6 Å². The molecule has 0 bridgehead atoms. The zero-order chi connectivity index (χ0) is 17.7. The van der Waals surface area contributed by atoms with Crippen molar-refractivity contribution >= 4 is 17.3 Å². The van der Waals surface area contributed by atoms with Gasteiger partial charge in [-0.15, -0.1) is 0 Å². The molecule has 0 aliphatic carbocycles. The van der Waals surface area contributed by atoms with E-state index in [0.717, 1.165) is 12.1 Å². The number of nitrogens with one attached hydrogen (secondary N) is 2. The Hall–Kier alpha value is -2.44. The first-order valence-electron chi connectivity index (χ1n) is 7.13. The summed E-state index contributed by atoms with van der Waals surface area (Å²) in [5.74, 6) is -1.57. The van der Waals surface area contributed by atoms with Gasteiger partial charge in [-0.3, -0.25) is 0 Å². The third kappa shape index (κ3) is 7.94. The van der Waals surface area contributed by atoms with E-state index in [1.165, 1.54) is 6.07 Å². The van der Waals surface area contributed by atoms with Gasteiger partial charge in [-0.2, -0.15) is 0 Å². The third-order valence-electron chi connectivity index (χ3n) is 2.47. The highest BCUT2D eigenvalue weighted by molar-refractivity contribution is 5.95. The first-order valence-corrected chi connectivity index (χ1v) is 7.13. The molecule has 0 unspecified atom stereocenters. The SMILES string of the molecule is CC.CNOC.O=C(O)c1ccc(F)cc1Nc1ccccc1. The molecule has 0 amide bonds. The summed E-state index contributed by atoms with van der Waals surface area (Å²) in [6.45, 7) is 4.00. The van der Waals surface area contributed by atoms with Crippen molar-refractivity contribution in [2.75, 3.05) is 19.5 Å². The lowest BCUT2D eigenvalue weighted by molar-refractivity contribution is 0.0698. The Morgan fingerprint density at radius 3 is 2.17 bits per heavy atom. The van der Waals surface area contributed by atoms with Gasteiger partial charge in [-0.05, 0) is 30.3 Å². The molecule has 6 heteroatoms. The van der Waals surface area contributed by atoms with Crippen molar-refractivity contribution in [3.05, 3.63) is 59.9 Å². The van der Waals surface area contributed by atoms with Crippen molar-refractivity contribution in [2.45, 2.75) is 13.8 Å². The maximum Gasteiger partial charge on any atom is 0.337 e. The highest BCUT2D eigenvalue weighted by Crippen LogP contribution is 2.21. The van der Waals surface area contributed by atoms with Crippen molar-refractivity contribution in [3.8, 4) is 0 Å². The number of carbonyl (C=O) groups is 1. The molecular formula is C17H23FN2O3. The Labute approximate surface area is 136 Å². The number of halogens is 1. The molecule has 0 spiro atoms. The minimum absolute atomic E-state index is 0.0373. The smallest absolute Gasteiger partial charge is 0.337 e. The first-order chi connectivity index (χ1) is 11.1. The van der Waals surface area contributed by atoms with E-state index in [-0.39, 0.29) is 11.3 Å². The second kappa shape index (κ2) is 12.1. The van der Waals surface area contributed by atoms with Gasteiger partial charge in [0.05, 0.1) is 18.4 Å². The van der Waals surface area contributed by atoms with Gasteiger partial charge >= 0.3 is 5.97 Å². The highest BCUT2D eigenvalue weighted by Gasteiger charge is 2.10. The maximum absolute atomic E-state index is 13.1. The molecule has 5 nitrogen and oxygen atoms in total. The summed E-state index contributed by atoms with van der Waals surface area (Å²) in [5, 5.41) is 11.8. The van der Waals surface area contributed by atoms with Crippen LogP contribution in [0.25, 0.3) is 0 Å². The number of anilines is 2. The molecule has 0 aliphatic heterocycles. The largest absolute Gasteiger partial charge is 0.478 e. The molecule has 0 fully saturated rings. The number of rotatable bonds is 4. The Morgan fingerprint density at radius 1 is 1.13 bits per heavy atom. The van der Waals surface area contributed by atoms with E-state index in [4.69, 9.17) is 5.11 Å². The predicted octanol–water partition coefficient (Wildman–Crippen LogP) is 4.06. The van der Waals surface area contributed by atoms with Crippen LogP contribution in [0.15, 0.2) is 48.5 Å². The number of aromatic carboxylic acids is 1. The fraction of sp³-hybridized carbons (Fsp3) is 0.235. The van der Waals surface area contributed by atoms with E-state index in [0.29, 0.717) is 5.69 Å². The zero-order valence-corrected chi connectivity index (χ0v) is 13.8. The molecule has 3 N–H and O–H groups in total. The summed E-state index contributed by atoms with van der Waals surface area (Å²) in [7, 11) is 3.28. The lowest BCUT2D eigenvalue weighted by atomic mass is 10.1. The summed E-state index contributed by atoms with van der Waals surface area (Å²) in [6.07, 6.45) is 0. The highest BCUT2D eigenvalue weighted by atomic mass is 19.1. The maximum atomic E-state index is 13.1. The van der Waals surface area contributed by atoms with Crippen LogP contribution in [0.3, 0.4) is 0 Å². The molecule has 0 heterocycles. The molecule has 0 saturated heterocycles. The summed E-state index contributed by atoms with van der Waals surface area (Å²) < 4.78 is 13.1. The van der Waals surface area contributed by atoms with E-state index in [1.807, 2.05) is 32.0 Å². The van der Waals surface area contributed by atoms with E-state index in [1.54, 1.807) is 26.3 Å². The van der Waals surface area contributed by atoms with Crippen LogP contribution < -0.4 is 10.8 Å². The summed E-state index contributed by atoms with van der Waals surface area (Å²) in [4.78, 5) is 15.3. The van der Waals surface area contributed by atoms with E-state index in [9.17, 15) is 9.18 Å². The molecule has 23 heavy (non-hydrogen) atoms. The van der Waals surface area contributed by atoms with Crippen LogP contribution in [0.5, 0.6) is 0 Å². The van der Waals surface area contributed by atoms with Crippen molar-refractivity contribution in [1.29, 1.82) is 0 Å². The fourth-order valence-electron chi connectivity index (χ4n) is 1.48. The van der Waals surface area contributed by atoms with E-state index >= 15 is 0 Å². The van der Waals surface area contributed by atoms with Crippen molar-refractivity contribution in [3.63, 3.8) is 0 Å². The summed E-state index contributed by atoms with van der Waals surface area (Å²) in [6, 6.07) is 12.5. The quantitative estimate of drug-likeness (QED) is 0.741. The van der Waals surface area contributed by atoms with Crippen LogP contribution in [-0.4, -0.2) is 25.2 Å². The summed E-state index contributed by atoms with van der Waals surface area (Å²) >= 11 is 0. The van der Waals surface area contributed by atoms with Crippen LogP contribution in [0, 0.1) is 5.82 Å². The fourth-order valence-corrected chi connectivity index (χ4v) is 1.48. The monoisotopic (exact) mass is 322 g/mol. The second-order valence-corrected chi connectivity index (χ2v) is 3.89. The van der Waals surface area contributed by atoms with Crippen LogP contribution >= 0.6 is 0 Å². The number of hydrogen-bond acceptors (Lipinski definition) is 4. The molecule has 0 aromatic heterocycles. The van der Waals surface area contributed by atoms with Gasteiger partial charge in [0.1, 0.15) is 5.82 Å². The van der Waals surface area contributed by atoms with Crippen molar-refractivity contribution < 1.29 is 19.1 Å². The van der Waals surface area contributed by atoms with Crippen LogP contribution in [0.4, 0.5) is 15.8 Å². The van der Waals surface area contributed by atoms with Gasteiger partial charge in [-0.1, -0.05) is 32.0 Å². The number of hydroxylamine groups is 1. The molecule has 2 aromatic carbocycles. The molecule has 2 aromatic rings. The number of benzene rings is 2. The zero-order valence-electron chi connectivity index (χ0n) is 13.8. The average Bonchev–Trinajstić information content (AvgIpc) is 2.57. The second-order valence-electron chi connectivity index (χ2n) is 3.89. The average molecular weight is 322 g/mol. The van der Waals surface area contributed by atoms with E-state index < -0.39 is 11.8 Å².